The maximum absolute atomic E-state index is 13.2. The summed E-state index contributed by atoms with van der Waals surface area (Å²) < 4.78 is 14.9. The molecule has 1 aliphatic rings. The first kappa shape index (κ1) is 20.8. The molecule has 0 spiro atoms. The second kappa shape index (κ2) is 8.70. The molecule has 0 saturated carbocycles. The molecule has 2 N–H and O–H groups in total. The number of benzene rings is 3. The lowest BCUT2D eigenvalue weighted by Gasteiger charge is -2.15. The second-order valence-electron chi connectivity index (χ2n) is 7.38. The molecule has 3 aromatic carbocycles. The molecular weight excluding hydrogens is 417 g/mol. The van der Waals surface area contributed by atoms with Crippen molar-refractivity contribution in [2.75, 3.05) is 0 Å². The van der Waals surface area contributed by atoms with Gasteiger partial charge in [-0.05, 0) is 55.5 Å². The van der Waals surface area contributed by atoms with Crippen LogP contribution >= 0.6 is 11.6 Å². The molecule has 2 amide bonds. The predicted molar refractivity (Wildman–Crippen MR) is 117 cm³/mol. The minimum atomic E-state index is -0.861. The molecule has 0 unspecified atom stereocenters. The van der Waals surface area contributed by atoms with Gasteiger partial charge in [-0.25, -0.2) is 4.39 Å². The first-order valence-electron chi connectivity index (χ1n) is 9.73. The van der Waals surface area contributed by atoms with Crippen LogP contribution in [0.25, 0.3) is 0 Å². The van der Waals surface area contributed by atoms with Crippen molar-refractivity contribution in [2.45, 2.75) is 19.0 Å². The third-order valence-electron chi connectivity index (χ3n) is 5.11. The average Bonchev–Trinajstić information content (AvgIpc) is 3.05. The molecule has 0 aliphatic carbocycles. The van der Waals surface area contributed by atoms with Crippen LogP contribution in [0, 0.1) is 12.7 Å². The molecule has 7 heteroatoms. The Kier molecular flexibility index (Phi) is 5.82. The number of carbonyl (C=O) groups excluding carboxylic acids is 2. The zero-order chi connectivity index (χ0) is 22.0. The standard InChI is InChI=1S/C24H19ClFN3O2/c1-15-2-4-16(5-3-15)14-29-22(17-6-10-19(25)11-7-17)21(24(31)28-29)27-23(30)18-8-12-20(26)13-9-18/h2-14,21-22H,1H3,(H-,27,28,30,31)/p+1/b29-14-/t21-,22-/m1/s1. The third-order valence-corrected chi connectivity index (χ3v) is 5.36. The quantitative estimate of drug-likeness (QED) is 0.611. The summed E-state index contributed by atoms with van der Waals surface area (Å²) in [6.45, 7) is 2.00. The van der Waals surface area contributed by atoms with Gasteiger partial charge in [0.2, 0.25) is 12.3 Å². The van der Waals surface area contributed by atoms with E-state index in [1.807, 2.05) is 49.5 Å². The number of amides is 2. The van der Waals surface area contributed by atoms with Crippen LogP contribution in [-0.2, 0) is 4.79 Å². The summed E-state index contributed by atoms with van der Waals surface area (Å²) in [6.07, 6.45) is 1.82. The molecule has 1 heterocycles. The molecule has 5 nitrogen and oxygen atoms in total. The van der Waals surface area contributed by atoms with Gasteiger partial charge in [0.1, 0.15) is 5.82 Å². The van der Waals surface area contributed by atoms with Crippen LogP contribution in [0.3, 0.4) is 0 Å². The number of rotatable bonds is 4. The van der Waals surface area contributed by atoms with Crippen molar-refractivity contribution in [2.24, 2.45) is 0 Å². The van der Waals surface area contributed by atoms with Gasteiger partial charge in [-0.15, -0.1) is 10.1 Å². The van der Waals surface area contributed by atoms with Crippen LogP contribution in [0.1, 0.15) is 33.1 Å². The smallest absolute Gasteiger partial charge is 0.304 e. The highest BCUT2D eigenvalue weighted by Gasteiger charge is 2.47. The number of hydrazine groups is 1. The zero-order valence-electron chi connectivity index (χ0n) is 16.7. The van der Waals surface area contributed by atoms with E-state index in [9.17, 15) is 14.0 Å². The molecular formula is C24H20ClFN3O2+. The van der Waals surface area contributed by atoms with E-state index in [1.54, 1.807) is 16.8 Å². The number of nitrogens with one attached hydrogen (secondary N) is 2. The largest absolute Gasteiger partial charge is 0.334 e. The molecule has 1 fully saturated rings. The first-order valence-corrected chi connectivity index (χ1v) is 10.1. The van der Waals surface area contributed by atoms with E-state index in [0.29, 0.717) is 5.02 Å². The number of aryl methyl sites for hydroxylation is 1. The number of hydrogen-bond donors (Lipinski definition) is 2. The molecule has 2 atom stereocenters. The van der Waals surface area contributed by atoms with Gasteiger partial charge in [0.25, 0.3) is 5.91 Å². The topological polar surface area (TPSA) is 61.2 Å². The second-order valence-corrected chi connectivity index (χ2v) is 7.81. The van der Waals surface area contributed by atoms with E-state index in [1.165, 1.54) is 24.3 Å². The van der Waals surface area contributed by atoms with E-state index >= 15 is 0 Å². The molecule has 3 aromatic rings. The summed E-state index contributed by atoms with van der Waals surface area (Å²) in [4.78, 5) is 25.6. The van der Waals surface area contributed by atoms with Gasteiger partial charge in [0, 0.05) is 21.7 Å². The minimum Gasteiger partial charge on any atom is -0.334 e. The molecule has 0 aromatic heterocycles. The van der Waals surface area contributed by atoms with Crippen molar-refractivity contribution in [1.82, 2.24) is 10.7 Å². The van der Waals surface area contributed by atoms with Crippen molar-refractivity contribution in [3.63, 3.8) is 0 Å². The Morgan fingerprint density at radius 3 is 2.32 bits per heavy atom. The van der Waals surface area contributed by atoms with E-state index in [2.05, 4.69) is 10.7 Å². The van der Waals surface area contributed by atoms with Crippen LogP contribution in [0.2, 0.25) is 5.02 Å². The van der Waals surface area contributed by atoms with Gasteiger partial charge in [-0.2, -0.15) is 0 Å². The van der Waals surface area contributed by atoms with E-state index < -0.39 is 23.8 Å². The van der Waals surface area contributed by atoms with Crippen LogP contribution in [0.4, 0.5) is 4.39 Å². The van der Waals surface area contributed by atoms with Crippen LogP contribution in [-0.4, -0.2) is 28.8 Å². The first-order chi connectivity index (χ1) is 14.9. The normalized spacial score (nSPS) is 19.3. The minimum absolute atomic E-state index is 0.269. The molecule has 0 bridgehead atoms. The summed E-state index contributed by atoms with van der Waals surface area (Å²) in [5, 5.41) is 3.36. The predicted octanol–water partition coefficient (Wildman–Crippen LogP) is 3.80. The van der Waals surface area contributed by atoms with Gasteiger partial charge in [0.05, 0.1) is 0 Å². The van der Waals surface area contributed by atoms with E-state index in [4.69, 9.17) is 11.6 Å². The van der Waals surface area contributed by atoms with Crippen LogP contribution in [0.15, 0.2) is 72.8 Å². The maximum Gasteiger partial charge on any atom is 0.304 e. The highest BCUT2D eigenvalue weighted by Crippen LogP contribution is 2.26. The SMILES string of the molecule is Cc1ccc(/C=[N+]2\NC(=O)[C@H](NC(=O)c3ccc(F)cc3)[C@H]2c2ccc(Cl)cc2)cc1. The number of nitrogens with zero attached hydrogens (tertiary/aromatic N) is 1. The van der Waals surface area contributed by atoms with Crippen LogP contribution < -0.4 is 10.7 Å². The van der Waals surface area contributed by atoms with Gasteiger partial charge in [-0.1, -0.05) is 41.4 Å². The molecule has 1 aliphatic heterocycles. The zero-order valence-corrected chi connectivity index (χ0v) is 17.4. The van der Waals surface area contributed by atoms with Crippen molar-refractivity contribution in [3.8, 4) is 0 Å². The summed E-state index contributed by atoms with van der Waals surface area (Å²) >= 11 is 6.04. The lowest BCUT2D eigenvalue weighted by Crippen LogP contribution is -2.42. The lowest BCUT2D eigenvalue weighted by molar-refractivity contribution is -0.596. The molecule has 4 rings (SSSR count). The Balaban J connectivity index is 1.69. The highest BCUT2D eigenvalue weighted by atomic mass is 35.5. The molecule has 0 radical (unpaired) electrons. The number of halogens is 2. The Hall–Kier alpha value is -3.51. The van der Waals surface area contributed by atoms with Crippen molar-refractivity contribution < 1.29 is 18.7 Å². The fourth-order valence-electron chi connectivity index (χ4n) is 3.48. The summed E-state index contributed by atoms with van der Waals surface area (Å²) in [6, 6.07) is 18.8. The fourth-order valence-corrected chi connectivity index (χ4v) is 3.61. The number of carbonyl (C=O) groups is 2. The van der Waals surface area contributed by atoms with Gasteiger partial charge in [-0.3, -0.25) is 9.59 Å². The Bertz CT molecular complexity index is 1140. The maximum atomic E-state index is 13.2. The fraction of sp³-hybridized carbons (Fsp3) is 0.125. The average molecular weight is 437 g/mol. The van der Waals surface area contributed by atoms with Gasteiger partial charge in [0.15, 0.2) is 6.04 Å². The molecule has 1 saturated heterocycles. The van der Waals surface area contributed by atoms with E-state index in [0.717, 1.165) is 16.7 Å². The Morgan fingerprint density at radius 2 is 1.68 bits per heavy atom. The number of hydrazone groups is 1. The Labute approximate surface area is 184 Å². The highest BCUT2D eigenvalue weighted by molar-refractivity contribution is 6.30. The summed E-state index contributed by atoms with van der Waals surface area (Å²) in [7, 11) is 0. The summed E-state index contributed by atoms with van der Waals surface area (Å²) in [5.74, 6) is -1.25. The van der Waals surface area contributed by atoms with Crippen molar-refractivity contribution in [3.05, 3.63) is 106 Å². The van der Waals surface area contributed by atoms with Crippen LogP contribution in [0.5, 0.6) is 0 Å². The van der Waals surface area contributed by atoms with Gasteiger partial charge < -0.3 is 5.32 Å². The summed E-state index contributed by atoms with van der Waals surface area (Å²) in [5.41, 5.74) is 5.92. The molecule has 31 heavy (non-hydrogen) atoms. The Morgan fingerprint density at radius 1 is 1.03 bits per heavy atom. The number of hydrogen-bond acceptors (Lipinski definition) is 2. The van der Waals surface area contributed by atoms with Crippen molar-refractivity contribution >= 4 is 29.6 Å². The monoisotopic (exact) mass is 436 g/mol. The lowest BCUT2D eigenvalue weighted by atomic mass is 9.99. The van der Waals surface area contributed by atoms with Gasteiger partial charge >= 0.3 is 5.91 Å². The van der Waals surface area contributed by atoms with Crippen molar-refractivity contribution in [1.29, 1.82) is 0 Å². The molecule has 156 valence electrons. The third kappa shape index (κ3) is 4.64. The van der Waals surface area contributed by atoms with E-state index in [-0.39, 0.29) is 11.5 Å².